The highest BCUT2D eigenvalue weighted by atomic mass is 16.5. The number of hydrogen-bond donors (Lipinski definition) is 1. The summed E-state index contributed by atoms with van der Waals surface area (Å²) < 4.78 is 11.6. The molecule has 31 heavy (non-hydrogen) atoms. The van der Waals surface area contributed by atoms with E-state index in [1.54, 1.807) is 6.92 Å². The summed E-state index contributed by atoms with van der Waals surface area (Å²) in [5, 5.41) is 11.7. The molecule has 168 valence electrons. The van der Waals surface area contributed by atoms with Crippen LogP contribution in [0.1, 0.15) is 63.5 Å². The van der Waals surface area contributed by atoms with Crippen molar-refractivity contribution in [3.05, 3.63) is 39.7 Å². The Labute approximate surface area is 183 Å². The number of rotatable bonds is 5. The van der Waals surface area contributed by atoms with Crippen LogP contribution in [-0.2, 0) is 11.2 Å². The van der Waals surface area contributed by atoms with Crippen molar-refractivity contribution < 1.29 is 19.1 Å². The number of piperidine rings is 1. The van der Waals surface area contributed by atoms with E-state index in [9.17, 15) is 14.7 Å². The Morgan fingerprint density at radius 2 is 2.13 bits per heavy atom. The van der Waals surface area contributed by atoms with Crippen molar-refractivity contribution in [2.24, 2.45) is 5.92 Å². The summed E-state index contributed by atoms with van der Waals surface area (Å²) in [7, 11) is 0. The van der Waals surface area contributed by atoms with Gasteiger partial charge in [-0.2, -0.15) is 0 Å². The Morgan fingerprint density at radius 3 is 2.90 bits per heavy atom. The topological polar surface area (TPSA) is 80.0 Å². The predicted octanol–water partition coefficient (Wildman–Crippen LogP) is 3.97. The van der Waals surface area contributed by atoms with Gasteiger partial charge in [0.15, 0.2) is 6.10 Å². The smallest absolute Gasteiger partial charge is 0.336 e. The van der Waals surface area contributed by atoms with Crippen LogP contribution in [-0.4, -0.2) is 40.7 Å². The second kappa shape index (κ2) is 8.65. The van der Waals surface area contributed by atoms with Crippen molar-refractivity contribution in [3.8, 4) is 5.75 Å². The average Bonchev–Trinajstić information content (AvgIpc) is 2.72. The molecule has 6 nitrogen and oxygen atoms in total. The van der Waals surface area contributed by atoms with E-state index in [4.69, 9.17) is 9.15 Å². The number of benzene rings is 1. The molecule has 1 aromatic carbocycles. The molecule has 3 unspecified atom stereocenters. The Bertz CT molecular complexity index is 1030. The van der Waals surface area contributed by atoms with Gasteiger partial charge in [0, 0.05) is 25.1 Å². The van der Waals surface area contributed by atoms with Crippen LogP contribution >= 0.6 is 0 Å². The molecule has 2 aliphatic rings. The summed E-state index contributed by atoms with van der Waals surface area (Å²) in [6, 6.07) is 5.26. The van der Waals surface area contributed by atoms with E-state index >= 15 is 0 Å². The van der Waals surface area contributed by atoms with Crippen LogP contribution in [0.15, 0.2) is 27.4 Å². The lowest BCUT2D eigenvalue weighted by Gasteiger charge is -2.47. The zero-order valence-electron chi connectivity index (χ0n) is 18.8. The predicted molar refractivity (Wildman–Crippen MR) is 119 cm³/mol. The number of hydrogen-bond acceptors (Lipinski definition) is 5. The quantitative estimate of drug-likeness (QED) is 0.730. The summed E-state index contributed by atoms with van der Waals surface area (Å²) >= 11 is 0. The van der Waals surface area contributed by atoms with Crippen LogP contribution in [0, 0.1) is 12.8 Å². The lowest BCUT2D eigenvalue weighted by Crippen LogP contribution is -2.56. The van der Waals surface area contributed by atoms with E-state index < -0.39 is 11.7 Å². The molecule has 1 aromatic heterocycles. The van der Waals surface area contributed by atoms with Crippen molar-refractivity contribution in [1.82, 2.24) is 4.90 Å². The highest BCUT2D eigenvalue weighted by Crippen LogP contribution is 2.40. The van der Waals surface area contributed by atoms with Crippen LogP contribution in [0.5, 0.6) is 5.75 Å². The van der Waals surface area contributed by atoms with E-state index in [0.717, 1.165) is 55.0 Å². The second-order valence-electron chi connectivity index (χ2n) is 9.32. The first-order valence-electron chi connectivity index (χ1n) is 11.6. The Morgan fingerprint density at radius 1 is 1.32 bits per heavy atom. The summed E-state index contributed by atoms with van der Waals surface area (Å²) in [5.41, 5.74) is 1.30. The van der Waals surface area contributed by atoms with Gasteiger partial charge < -0.3 is 19.2 Å². The van der Waals surface area contributed by atoms with E-state index in [-0.39, 0.29) is 17.5 Å². The lowest BCUT2D eigenvalue weighted by atomic mass is 9.71. The number of fused-ring (bicyclic) bond motifs is 2. The monoisotopic (exact) mass is 427 g/mol. The molecule has 1 saturated heterocycles. The van der Waals surface area contributed by atoms with Crippen LogP contribution in [0.4, 0.5) is 0 Å². The number of amides is 1. The summed E-state index contributed by atoms with van der Waals surface area (Å²) in [4.78, 5) is 27.1. The maximum absolute atomic E-state index is 13.2. The van der Waals surface area contributed by atoms with E-state index in [1.165, 1.54) is 6.07 Å². The first-order chi connectivity index (χ1) is 14.8. The second-order valence-corrected chi connectivity index (χ2v) is 9.32. The Kier molecular flexibility index (Phi) is 6.11. The van der Waals surface area contributed by atoms with Crippen molar-refractivity contribution >= 4 is 16.9 Å². The van der Waals surface area contributed by atoms with Gasteiger partial charge in [-0.1, -0.05) is 26.2 Å². The van der Waals surface area contributed by atoms with E-state index in [0.29, 0.717) is 30.8 Å². The van der Waals surface area contributed by atoms with Crippen LogP contribution in [0.25, 0.3) is 11.0 Å². The van der Waals surface area contributed by atoms with Gasteiger partial charge in [-0.25, -0.2) is 4.79 Å². The first kappa shape index (κ1) is 21.9. The Balaban J connectivity index is 1.57. The molecule has 1 amide bonds. The summed E-state index contributed by atoms with van der Waals surface area (Å²) in [6.07, 6.45) is 5.58. The minimum Gasteiger partial charge on any atom is -0.480 e. The largest absolute Gasteiger partial charge is 0.480 e. The number of likely N-dealkylation sites (tertiary alicyclic amines) is 1. The molecular formula is C25H33NO5. The minimum atomic E-state index is -0.666. The van der Waals surface area contributed by atoms with Crippen molar-refractivity contribution in [2.45, 2.75) is 77.4 Å². The summed E-state index contributed by atoms with van der Waals surface area (Å²) in [6.45, 7) is 6.90. The van der Waals surface area contributed by atoms with Crippen LogP contribution in [0.2, 0.25) is 0 Å². The van der Waals surface area contributed by atoms with Crippen molar-refractivity contribution in [3.63, 3.8) is 0 Å². The van der Waals surface area contributed by atoms with E-state index in [2.05, 4.69) is 6.92 Å². The molecule has 2 heterocycles. The molecular weight excluding hydrogens is 394 g/mol. The standard InChI is InChI=1S/C25H33NO5/c1-4-7-18-14-22(27)31-21-13-16(2)12-20(23(18)21)30-17(3)24(28)26-11-10-25(29)9-6-5-8-19(25)15-26/h12-14,17,19,29H,4-11,15H2,1-3H3. The van der Waals surface area contributed by atoms with Gasteiger partial charge in [-0.05, 0) is 62.8 Å². The number of nitrogens with zero attached hydrogens (tertiary/aromatic N) is 1. The molecule has 6 heteroatoms. The molecule has 2 fully saturated rings. The van der Waals surface area contributed by atoms with Gasteiger partial charge in [0.1, 0.15) is 11.3 Å². The normalized spacial score (nSPS) is 24.6. The molecule has 0 radical (unpaired) electrons. The SMILES string of the molecule is CCCc1cc(=O)oc2cc(C)cc(OC(C)C(=O)N3CCC4(O)CCCCC4C3)c12. The van der Waals surface area contributed by atoms with Crippen molar-refractivity contribution in [1.29, 1.82) is 0 Å². The molecule has 2 aromatic rings. The molecule has 1 saturated carbocycles. The van der Waals surface area contributed by atoms with Gasteiger partial charge >= 0.3 is 5.63 Å². The molecule has 3 atom stereocenters. The zero-order chi connectivity index (χ0) is 22.2. The zero-order valence-corrected chi connectivity index (χ0v) is 18.8. The molecule has 0 bridgehead atoms. The van der Waals surface area contributed by atoms with Gasteiger partial charge in [-0.15, -0.1) is 0 Å². The number of carbonyl (C=O) groups excluding carboxylic acids is 1. The van der Waals surface area contributed by atoms with Crippen LogP contribution in [0.3, 0.4) is 0 Å². The third kappa shape index (κ3) is 4.36. The minimum absolute atomic E-state index is 0.0586. The fourth-order valence-corrected chi connectivity index (χ4v) is 5.30. The fraction of sp³-hybridized carbons (Fsp3) is 0.600. The molecule has 1 aliphatic heterocycles. The third-order valence-corrected chi connectivity index (χ3v) is 6.94. The van der Waals surface area contributed by atoms with Gasteiger partial charge in [0.2, 0.25) is 0 Å². The lowest BCUT2D eigenvalue weighted by molar-refractivity contribution is -0.149. The highest BCUT2D eigenvalue weighted by Gasteiger charge is 2.44. The fourth-order valence-electron chi connectivity index (χ4n) is 5.30. The summed E-state index contributed by atoms with van der Waals surface area (Å²) in [5.74, 6) is 0.669. The van der Waals surface area contributed by atoms with Crippen LogP contribution < -0.4 is 10.4 Å². The maximum Gasteiger partial charge on any atom is 0.336 e. The van der Waals surface area contributed by atoms with Crippen molar-refractivity contribution in [2.75, 3.05) is 13.1 Å². The van der Waals surface area contributed by atoms with Gasteiger partial charge in [0.05, 0.1) is 11.0 Å². The number of aliphatic hydroxyl groups is 1. The maximum atomic E-state index is 13.2. The number of ether oxygens (including phenoxy) is 1. The average molecular weight is 428 g/mol. The molecule has 1 N–H and O–H groups in total. The first-order valence-corrected chi connectivity index (χ1v) is 11.6. The van der Waals surface area contributed by atoms with Gasteiger partial charge in [-0.3, -0.25) is 4.79 Å². The number of aryl methyl sites for hydroxylation is 2. The highest BCUT2D eigenvalue weighted by molar-refractivity contribution is 5.88. The molecule has 4 rings (SSSR count). The third-order valence-electron chi connectivity index (χ3n) is 6.94. The molecule has 1 aliphatic carbocycles. The number of carbonyl (C=O) groups is 1. The van der Waals surface area contributed by atoms with E-state index in [1.807, 2.05) is 24.0 Å². The van der Waals surface area contributed by atoms with Gasteiger partial charge in [0.25, 0.3) is 5.91 Å². The molecule has 0 spiro atoms. The Hall–Kier alpha value is -2.34.